The van der Waals surface area contributed by atoms with Crippen LogP contribution in [0.5, 0.6) is 0 Å². The Morgan fingerprint density at radius 3 is 2.69 bits per heavy atom. The van der Waals surface area contributed by atoms with Crippen LogP contribution in [0, 0.1) is 0 Å². The normalized spacial score (nSPS) is 24.3. The summed E-state index contributed by atoms with van der Waals surface area (Å²) in [4.78, 5) is 11.6. The van der Waals surface area contributed by atoms with Gasteiger partial charge in [0.2, 0.25) is 0 Å². The SMILES string of the molecule is O=C(Cc1ccccc1)OC1CCC(O)C1. The number of esters is 1. The van der Waals surface area contributed by atoms with Gasteiger partial charge in [0.05, 0.1) is 12.5 Å². The van der Waals surface area contributed by atoms with Crippen molar-refractivity contribution in [3.05, 3.63) is 35.9 Å². The summed E-state index contributed by atoms with van der Waals surface area (Å²) in [5, 5.41) is 9.31. The summed E-state index contributed by atoms with van der Waals surface area (Å²) in [6.45, 7) is 0. The van der Waals surface area contributed by atoms with Crippen LogP contribution in [0.1, 0.15) is 24.8 Å². The lowest BCUT2D eigenvalue weighted by atomic mass is 10.1. The van der Waals surface area contributed by atoms with E-state index in [2.05, 4.69) is 0 Å². The van der Waals surface area contributed by atoms with E-state index in [9.17, 15) is 9.90 Å². The summed E-state index contributed by atoms with van der Waals surface area (Å²) in [6, 6.07) is 9.54. The highest BCUT2D eigenvalue weighted by Crippen LogP contribution is 2.22. The van der Waals surface area contributed by atoms with Gasteiger partial charge in [-0.15, -0.1) is 0 Å². The van der Waals surface area contributed by atoms with Gasteiger partial charge in [-0.25, -0.2) is 0 Å². The summed E-state index contributed by atoms with van der Waals surface area (Å²) in [7, 11) is 0. The molecular weight excluding hydrogens is 204 g/mol. The van der Waals surface area contributed by atoms with Gasteiger partial charge in [-0.3, -0.25) is 4.79 Å². The number of hydrogen-bond acceptors (Lipinski definition) is 3. The molecule has 1 saturated carbocycles. The zero-order valence-corrected chi connectivity index (χ0v) is 9.13. The molecule has 0 bridgehead atoms. The number of benzene rings is 1. The van der Waals surface area contributed by atoms with E-state index in [0.717, 1.165) is 18.4 Å². The molecular formula is C13H16O3. The van der Waals surface area contributed by atoms with Crippen molar-refractivity contribution in [3.8, 4) is 0 Å². The van der Waals surface area contributed by atoms with Gasteiger partial charge in [0, 0.05) is 6.42 Å². The molecule has 2 unspecified atom stereocenters. The van der Waals surface area contributed by atoms with E-state index in [-0.39, 0.29) is 18.2 Å². The molecule has 0 spiro atoms. The van der Waals surface area contributed by atoms with Gasteiger partial charge in [-0.1, -0.05) is 30.3 Å². The molecule has 0 aliphatic heterocycles. The minimum Gasteiger partial charge on any atom is -0.462 e. The lowest BCUT2D eigenvalue weighted by Gasteiger charge is -2.11. The molecule has 0 amide bonds. The molecule has 1 N–H and O–H groups in total. The Bertz CT molecular complexity index is 347. The molecule has 0 aromatic heterocycles. The molecule has 1 aliphatic carbocycles. The maximum Gasteiger partial charge on any atom is 0.310 e. The van der Waals surface area contributed by atoms with Crippen LogP contribution in [0.4, 0.5) is 0 Å². The number of rotatable bonds is 3. The van der Waals surface area contributed by atoms with E-state index in [1.807, 2.05) is 30.3 Å². The third kappa shape index (κ3) is 3.07. The smallest absolute Gasteiger partial charge is 0.310 e. The highest BCUT2D eigenvalue weighted by Gasteiger charge is 2.25. The Hall–Kier alpha value is -1.35. The Balaban J connectivity index is 1.81. The summed E-state index contributed by atoms with van der Waals surface area (Å²) in [6.07, 6.45) is 2.03. The van der Waals surface area contributed by atoms with E-state index in [1.54, 1.807) is 0 Å². The van der Waals surface area contributed by atoms with Gasteiger partial charge >= 0.3 is 5.97 Å². The van der Waals surface area contributed by atoms with Crippen LogP contribution in [0.25, 0.3) is 0 Å². The molecule has 3 nitrogen and oxygen atoms in total. The van der Waals surface area contributed by atoms with Gasteiger partial charge in [0.15, 0.2) is 0 Å². The van der Waals surface area contributed by atoms with Crippen molar-refractivity contribution in [2.24, 2.45) is 0 Å². The van der Waals surface area contributed by atoms with Crippen molar-refractivity contribution < 1.29 is 14.6 Å². The minimum atomic E-state index is -0.297. The highest BCUT2D eigenvalue weighted by molar-refractivity contribution is 5.72. The maximum absolute atomic E-state index is 11.6. The summed E-state index contributed by atoms with van der Waals surface area (Å²) in [5.74, 6) is -0.203. The third-order valence-corrected chi connectivity index (χ3v) is 2.85. The lowest BCUT2D eigenvalue weighted by molar-refractivity contribution is -0.148. The number of carbonyl (C=O) groups excluding carboxylic acids is 1. The van der Waals surface area contributed by atoms with Crippen LogP contribution in [0.15, 0.2) is 30.3 Å². The van der Waals surface area contributed by atoms with Crippen LogP contribution in [-0.2, 0) is 16.0 Å². The number of aliphatic hydroxyl groups excluding tert-OH is 1. The maximum atomic E-state index is 11.6. The molecule has 16 heavy (non-hydrogen) atoms. The molecule has 1 aromatic rings. The largest absolute Gasteiger partial charge is 0.462 e. The van der Waals surface area contributed by atoms with Gasteiger partial charge in [0.25, 0.3) is 0 Å². The summed E-state index contributed by atoms with van der Waals surface area (Å²) < 4.78 is 5.29. The number of aliphatic hydroxyl groups is 1. The van der Waals surface area contributed by atoms with E-state index in [0.29, 0.717) is 12.8 Å². The Kier molecular flexibility index (Phi) is 3.57. The molecule has 3 heteroatoms. The zero-order chi connectivity index (χ0) is 11.4. The minimum absolute atomic E-state index is 0.0915. The highest BCUT2D eigenvalue weighted by atomic mass is 16.5. The van der Waals surface area contributed by atoms with Crippen molar-refractivity contribution in [1.82, 2.24) is 0 Å². The first-order valence-corrected chi connectivity index (χ1v) is 5.65. The van der Waals surface area contributed by atoms with E-state index >= 15 is 0 Å². The molecule has 1 fully saturated rings. The number of hydrogen-bond donors (Lipinski definition) is 1. The second-order valence-electron chi connectivity index (χ2n) is 4.24. The zero-order valence-electron chi connectivity index (χ0n) is 9.13. The standard InChI is InChI=1S/C13H16O3/c14-11-6-7-12(9-11)16-13(15)8-10-4-2-1-3-5-10/h1-5,11-12,14H,6-9H2. The van der Waals surface area contributed by atoms with Crippen LogP contribution in [-0.4, -0.2) is 23.3 Å². The average molecular weight is 220 g/mol. The molecule has 86 valence electrons. The van der Waals surface area contributed by atoms with Crippen molar-refractivity contribution >= 4 is 5.97 Å². The second-order valence-corrected chi connectivity index (χ2v) is 4.24. The topological polar surface area (TPSA) is 46.5 Å². The Labute approximate surface area is 95.0 Å². The second kappa shape index (κ2) is 5.12. The molecule has 1 aromatic carbocycles. The fourth-order valence-electron chi connectivity index (χ4n) is 2.01. The van der Waals surface area contributed by atoms with Crippen LogP contribution in [0.2, 0.25) is 0 Å². The number of ether oxygens (including phenoxy) is 1. The van der Waals surface area contributed by atoms with Crippen molar-refractivity contribution in [2.75, 3.05) is 0 Å². The quantitative estimate of drug-likeness (QED) is 0.788. The van der Waals surface area contributed by atoms with Gasteiger partial charge in [-0.2, -0.15) is 0 Å². The molecule has 0 heterocycles. The van der Waals surface area contributed by atoms with Gasteiger partial charge < -0.3 is 9.84 Å². The van der Waals surface area contributed by atoms with Crippen LogP contribution < -0.4 is 0 Å². The third-order valence-electron chi connectivity index (χ3n) is 2.85. The molecule has 1 aliphatic rings. The van der Waals surface area contributed by atoms with E-state index in [1.165, 1.54) is 0 Å². The lowest BCUT2D eigenvalue weighted by Crippen LogP contribution is -2.17. The Morgan fingerprint density at radius 1 is 1.31 bits per heavy atom. The molecule has 2 atom stereocenters. The monoisotopic (exact) mass is 220 g/mol. The summed E-state index contributed by atoms with van der Waals surface area (Å²) >= 11 is 0. The first-order valence-electron chi connectivity index (χ1n) is 5.65. The van der Waals surface area contributed by atoms with Crippen molar-refractivity contribution in [2.45, 2.75) is 37.9 Å². The van der Waals surface area contributed by atoms with Crippen LogP contribution >= 0.6 is 0 Å². The predicted molar refractivity (Wildman–Crippen MR) is 59.9 cm³/mol. The van der Waals surface area contributed by atoms with E-state index in [4.69, 9.17) is 4.74 Å². The van der Waals surface area contributed by atoms with Crippen LogP contribution in [0.3, 0.4) is 0 Å². The predicted octanol–water partition coefficient (Wildman–Crippen LogP) is 1.69. The fourth-order valence-corrected chi connectivity index (χ4v) is 2.01. The van der Waals surface area contributed by atoms with Gasteiger partial charge in [-0.05, 0) is 18.4 Å². The Morgan fingerprint density at radius 2 is 2.06 bits per heavy atom. The van der Waals surface area contributed by atoms with Gasteiger partial charge in [0.1, 0.15) is 6.10 Å². The fraction of sp³-hybridized carbons (Fsp3) is 0.462. The molecule has 2 rings (SSSR count). The average Bonchev–Trinajstić information content (AvgIpc) is 2.65. The first kappa shape index (κ1) is 11.1. The first-order chi connectivity index (χ1) is 7.74. The van der Waals surface area contributed by atoms with Crippen molar-refractivity contribution in [1.29, 1.82) is 0 Å². The molecule has 0 saturated heterocycles. The molecule has 0 radical (unpaired) electrons. The van der Waals surface area contributed by atoms with E-state index < -0.39 is 0 Å². The summed E-state index contributed by atoms with van der Waals surface area (Å²) in [5.41, 5.74) is 0.964. The van der Waals surface area contributed by atoms with Crippen molar-refractivity contribution in [3.63, 3.8) is 0 Å². The number of carbonyl (C=O) groups is 1.